The molecule has 124 valence electrons. The number of sulfonamides is 1. The predicted molar refractivity (Wildman–Crippen MR) is 84.7 cm³/mol. The first-order valence-corrected chi connectivity index (χ1v) is 8.90. The predicted octanol–water partition coefficient (Wildman–Crippen LogP) is 1.08. The Morgan fingerprint density at radius 2 is 1.82 bits per heavy atom. The van der Waals surface area contributed by atoms with Crippen molar-refractivity contribution < 1.29 is 17.9 Å². The van der Waals surface area contributed by atoms with E-state index in [0.29, 0.717) is 23.9 Å². The highest BCUT2D eigenvalue weighted by Gasteiger charge is 2.28. The Hall–Kier alpha value is -1.15. The van der Waals surface area contributed by atoms with Crippen molar-refractivity contribution in [2.45, 2.75) is 23.8 Å². The Balaban J connectivity index is 2.05. The largest absolute Gasteiger partial charge is 0.491 e. The Morgan fingerprint density at radius 1 is 1.18 bits per heavy atom. The molecular formula is C15H24N2O4S. The maximum atomic E-state index is 12.6. The summed E-state index contributed by atoms with van der Waals surface area (Å²) in [6.45, 7) is 2.66. The molecule has 0 aromatic heterocycles. The summed E-state index contributed by atoms with van der Waals surface area (Å²) in [4.78, 5) is 0.299. The van der Waals surface area contributed by atoms with Gasteiger partial charge in [0.2, 0.25) is 10.0 Å². The van der Waals surface area contributed by atoms with Gasteiger partial charge in [-0.3, -0.25) is 0 Å². The summed E-state index contributed by atoms with van der Waals surface area (Å²) < 4.78 is 37.1. The second kappa shape index (κ2) is 7.92. The van der Waals surface area contributed by atoms with Crippen LogP contribution in [0.2, 0.25) is 0 Å². The topological polar surface area (TPSA) is 67.9 Å². The Bertz CT molecular complexity index is 553. The molecule has 22 heavy (non-hydrogen) atoms. The third-order valence-electron chi connectivity index (χ3n) is 3.88. The first kappa shape index (κ1) is 17.2. The van der Waals surface area contributed by atoms with Crippen LogP contribution in [-0.4, -0.2) is 59.2 Å². The Morgan fingerprint density at radius 3 is 2.41 bits per heavy atom. The van der Waals surface area contributed by atoms with Crippen molar-refractivity contribution >= 4 is 10.0 Å². The molecule has 0 amide bonds. The average Bonchev–Trinajstić information content (AvgIpc) is 2.55. The number of nitrogens with one attached hydrogen (secondary N) is 1. The van der Waals surface area contributed by atoms with E-state index in [-0.39, 0.29) is 6.04 Å². The van der Waals surface area contributed by atoms with Crippen LogP contribution < -0.4 is 10.1 Å². The monoisotopic (exact) mass is 328 g/mol. The molecule has 1 fully saturated rings. The van der Waals surface area contributed by atoms with Crippen LogP contribution in [0, 0.1) is 0 Å². The van der Waals surface area contributed by atoms with Crippen LogP contribution in [0.4, 0.5) is 0 Å². The fraction of sp³-hybridized carbons (Fsp3) is 0.600. The minimum absolute atomic E-state index is 0.0591. The fourth-order valence-corrected chi connectivity index (χ4v) is 3.90. The highest BCUT2D eigenvalue weighted by Crippen LogP contribution is 2.22. The number of methoxy groups -OCH3 is 1. The van der Waals surface area contributed by atoms with Crippen molar-refractivity contribution in [1.82, 2.24) is 9.62 Å². The molecule has 1 saturated heterocycles. The lowest BCUT2D eigenvalue weighted by Gasteiger charge is -2.30. The number of hydrogen-bond donors (Lipinski definition) is 1. The second-order valence-corrected chi connectivity index (χ2v) is 7.31. The van der Waals surface area contributed by atoms with Gasteiger partial charge in [-0.05, 0) is 50.2 Å². The van der Waals surface area contributed by atoms with Crippen molar-refractivity contribution in [3.8, 4) is 5.75 Å². The van der Waals surface area contributed by atoms with Gasteiger partial charge in [0.15, 0.2) is 0 Å². The quantitative estimate of drug-likeness (QED) is 0.759. The number of rotatable bonds is 7. The van der Waals surface area contributed by atoms with Gasteiger partial charge >= 0.3 is 0 Å². The van der Waals surface area contributed by atoms with E-state index in [1.54, 1.807) is 38.4 Å². The van der Waals surface area contributed by atoms with Gasteiger partial charge in [-0.15, -0.1) is 0 Å². The van der Waals surface area contributed by atoms with Crippen LogP contribution >= 0.6 is 0 Å². The Kier molecular flexibility index (Phi) is 6.19. The van der Waals surface area contributed by atoms with Crippen LogP contribution in [0.15, 0.2) is 29.2 Å². The first-order valence-electron chi connectivity index (χ1n) is 7.46. The lowest BCUT2D eigenvalue weighted by Crippen LogP contribution is -2.43. The summed E-state index contributed by atoms with van der Waals surface area (Å²) in [5, 5.41) is 3.24. The van der Waals surface area contributed by atoms with Gasteiger partial charge in [0.1, 0.15) is 12.4 Å². The van der Waals surface area contributed by atoms with Gasteiger partial charge < -0.3 is 14.8 Å². The molecule has 1 N–H and O–H groups in total. The zero-order valence-electron chi connectivity index (χ0n) is 13.1. The molecule has 1 aromatic carbocycles. The molecule has 0 saturated carbocycles. The molecule has 1 aliphatic heterocycles. The van der Waals surface area contributed by atoms with Gasteiger partial charge in [0, 0.05) is 20.2 Å². The molecule has 2 rings (SSSR count). The van der Waals surface area contributed by atoms with E-state index < -0.39 is 10.0 Å². The van der Waals surface area contributed by atoms with Crippen molar-refractivity contribution in [2.75, 3.05) is 40.5 Å². The van der Waals surface area contributed by atoms with Gasteiger partial charge in [-0.2, -0.15) is 4.31 Å². The second-order valence-electron chi connectivity index (χ2n) is 5.32. The summed E-state index contributed by atoms with van der Waals surface area (Å²) >= 11 is 0. The highest BCUT2D eigenvalue weighted by atomic mass is 32.2. The first-order chi connectivity index (χ1) is 10.6. The van der Waals surface area contributed by atoms with Crippen LogP contribution in [0.25, 0.3) is 0 Å². The van der Waals surface area contributed by atoms with E-state index in [1.807, 2.05) is 0 Å². The minimum Gasteiger partial charge on any atom is -0.491 e. The van der Waals surface area contributed by atoms with E-state index in [9.17, 15) is 8.42 Å². The van der Waals surface area contributed by atoms with E-state index in [1.165, 1.54) is 4.31 Å². The lowest BCUT2D eigenvalue weighted by atomic mass is 10.1. The molecule has 0 atom stereocenters. The van der Waals surface area contributed by atoms with E-state index in [0.717, 1.165) is 25.9 Å². The molecule has 0 spiro atoms. The van der Waals surface area contributed by atoms with Crippen LogP contribution in [0.3, 0.4) is 0 Å². The summed E-state index contributed by atoms with van der Waals surface area (Å²) in [6, 6.07) is 6.60. The maximum Gasteiger partial charge on any atom is 0.243 e. The molecule has 0 bridgehead atoms. The van der Waals surface area contributed by atoms with Crippen LogP contribution in [0.1, 0.15) is 12.8 Å². The molecule has 0 aliphatic carbocycles. The smallest absolute Gasteiger partial charge is 0.243 e. The number of ether oxygens (including phenoxy) is 2. The standard InChI is InChI=1S/C15H24N2O4S/c1-17(13-7-9-16-10-8-13)22(18,19)15-5-3-14(4-6-15)21-12-11-20-2/h3-6,13,16H,7-12H2,1-2H3. The van der Waals surface area contributed by atoms with Crippen LogP contribution in [0.5, 0.6) is 5.75 Å². The molecule has 7 heteroatoms. The molecule has 6 nitrogen and oxygen atoms in total. The lowest BCUT2D eigenvalue weighted by molar-refractivity contribution is 0.146. The number of benzene rings is 1. The average molecular weight is 328 g/mol. The van der Waals surface area contributed by atoms with Crippen LogP contribution in [-0.2, 0) is 14.8 Å². The van der Waals surface area contributed by atoms with Crippen molar-refractivity contribution in [1.29, 1.82) is 0 Å². The van der Waals surface area contributed by atoms with Crippen molar-refractivity contribution in [2.24, 2.45) is 0 Å². The summed E-state index contributed by atoms with van der Waals surface area (Å²) in [5.74, 6) is 0.639. The number of piperidine rings is 1. The summed E-state index contributed by atoms with van der Waals surface area (Å²) in [6.07, 6.45) is 1.68. The Labute approximate surface area is 132 Å². The van der Waals surface area contributed by atoms with Gasteiger partial charge in [-0.1, -0.05) is 0 Å². The number of hydrogen-bond acceptors (Lipinski definition) is 5. The molecule has 0 radical (unpaired) electrons. The SMILES string of the molecule is COCCOc1ccc(S(=O)(=O)N(C)C2CCNCC2)cc1. The van der Waals surface area contributed by atoms with E-state index >= 15 is 0 Å². The normalized spacial score (nSPS) is 16.9. The maximum absolute atomic E-state index is 12.6. The molecular weight excluding hydrogens is 304 g/mol. The zero-order chi connectivity index (χ0) is 16.0. The fourth-order valence-electron chi connectivity index (χ4n) is 2.48. The zero-order valence-corrected chi connectivity index (χ0v) is 13.9. The minimum atomic E-state index is -3.46. The van der Waals surface area contributed by atoms with Gasteiger partial charge in [0.25, 0.3) is 0 Å². The molecule has 1 heterocycles. The van der Waals surface area contributed by atoms with E-state index in [2.05, 4.69) is 5.32 Å². The van der Waals surface area contributed by atoms with Gasteiger partial charge in [-0.25, -0.2) is 8.42 Å². The molecule has 1 aromatic rings. The van der Waals surface area contributed by atoms with E-state index in [4.69, 9.17) is 9.47 Å². The van der Waals surface area contributed by atoms with Gasteiger partial charge in [0.05, 0.1) is 11.5 Å². The third-order valence-corrected chi connectivity index (χ3v) is 5.80. The molecule has 0 unspecified atom stereocenters. The molecule has 1 aliphatic rings. The van der Waals surface area contributed by atoms with Crippen molar-refractivity contribution in [3.05, 3.63) is 24.3 Å². The van der Waals surface area contributed by atoms with Crippen molar-refractivity contribution in [3.63, 3.8) is 0 Å². The highest BCUT2D eigenvalue weighted by molar-refractivity contribution is 7.89. The third kappa shape index (κ3) is 4.19. The summed E-state index contributed by atoms with van der Waals surface area (Å²) in [7, 11) is -0.187. The summed E-state index contributed by atoms with van der Waals surface area (Å²) in [5.41, 5.74) is 0. The number of nitrogens with zero attached hydrogens (tertiary/aromatic N) is 1.